The molecule has 0 N–H and O–H groups in total. The van der Waals surface area contributed by atoms with E-state index < -0.39 is 0 Å². The highest BCUT2D eigenvalue weighted by atomic mass is 16.6. The van der Waals surface area contributed by atoms with Crippen molar-refractivity contribution in [3.8, 4) is 0 Å². The number of carbonyl (C=O) groups excluding carboxylic acids is 2. The molecule has 1 saturated carbocycles. The molecule has 0 spiro atoms. The van der Waals surface area contributed by atoms with Crippen LogP contribution in [-0.2, 0) is 11.3 Å². The van der Waals surface area contributed by atoms with Crippen LogP contribution in [0.2, 0.25) is 0 Å². The first-order valence-electron chi connectivity index (χ1n) is 9.70. The maximum absolute atomic E-state index is 12.8. The fourth-order valence-corrected chi connectivity index (χ4v) is 3.22. The normalized spacial score (nSPS) is 17.1. The van der Waals surface area contributed by atoms with E-state index in [1.807, 2.05) is 40.1 Å². The Morgan fingerprint density at radius 3 is 2.35 bits per heavy atom. The zero-order valence-corrected chi connectivity index (χ0v) is 15.6. The maximum atomic E-state index is 12.8. The van der Waals surface area contributed by atoms with Crippen molar-refractivity contribution < 1.29 is 14.3 Å². The predicted octanol–water partition coefficient (Wildman–Crippen LogP) is 3.33. The summed E-state index contributed by atoms with van der Waals surface area (Å²) in [7, 11) is 0. The third-order valence-corrected chi connectivity index (χ3v) is 5.00. The van der Waals surface area contributed by atoms with Gasteiger partial charge in [-0.05, 0) is 24.8 Å². The lowest BCUT2D eigenvalue weighted by atomic mass is 10.2. The number of unbranched alkanes of at least 4 members (excludes halogenated alkanes) is 1. The largest absolute Gasteiger partial charge is 0.445 e. The minimum atomic E-state index is -0.300. The average Bonchev–Trinajstić information content (AvgIpc) is 3.52. The smallest absolute Gasteiger partial charge is 0.410 e. The first-order valence-corrected chi connectivity index (χ1v) is 9.70. The lowest BCUT2D eigenvalue weighted by Gasteiger charge is -2.37. The van der Waals surface area contributed by atoms with Crippen LogP contribution < -0.4 is 0 Å². The number of piperazine rings is 1. The summed E-state index contributed by atoms with van der Waals surface area (Å²) in [6.45, 7) is 5.50. The van der Waals surface area contributed by atoms with Gasteiger partial charge in [-0.3, -0.25) is 0 Å². The molecule has 1 saturated heterocycles. The Hall–Kier alpha value is -2.24. The van der Waals surface area contributed by atoms with Crippen molar-refractivity contribution in [3.63, 3.8) is 0 Å². The first kappa shape index (κ1) is 18.5. The zero-order valence-electron chi connectivity index (χ0n) is 15.6. The molecule has 3 rings (SSSR count). The number of rotatable bonds is 6. The topological polar surface area (TPSA) is 53.1 Å². The van der Waals surface area contributed by atoms with E-state index in [1.165, 1.54) is 0 Å². The molecule has 26 heavy (non-hydrogen) atoms. The van der Waals surface area contributed by atoms with Crippen LogP contribution >= 0.6 is 0 Å². The monoisotopic (exact) mass is 359 g/mol. The van der Waals surface area contributed by atoms with Crippen molar-refractivity contribution in [1.29, 1.82) is 0 Å². The van der Waals surface area contributed by atoms with Gasteiger partial charge in [0.15, 0.2) is 0 Å². The minimum absolute atomic E-state index is 0.137. The van der Waals surface area contributed by atoms with E-state index in [2.05, 4.69) is 6.92 Å². The SMILES string of the molecule is CCCCN(C(=O)N1CCN(C(=O)OCc2ccccc2)CC1)C1CC1. The number of hydrogen-bond donors (Lipinski definition) is 0. The number of amides is 3. The Morgan fingerprint density at radius 2 is 1.73 bits per heavy atom. The summed E-state index contributed by atoms with van der Waals surface area (Å²) in [4.78, 5) is 30.6. The molecule has 0 radical (unpaired) electrons. The number of hydrogen-bond acceptors (Lipinski definition) is 3. The van der Waals surface area contributed by atoms with E-state index in [1.54, 1.807) is 4.90 Å². The number of nitrogens with zero attached hydrogens (tertiary/aromatic N) is 3. The Kier molecular flexibility index (Phi) is 6.36. The van der Waals surface area contributed by atoms with E-state index >= 15 is 0 Å². The summed E-state index contributed by atoms with van der Waals surface area (Å²) < 4.78 is 5.39. The molecule has 6 heteroatoms. The molecule has 1 heterocycles. The molecule has 0 aromatic heterocycles. The van der Waals surface area contributed by atoms with Gasteiger partial charge in [0.2, 0.25) is 0 Å². The van der Waals surface area contributed by atoms with E-state index in [4.69, 9.17) is 4.74 Å². The molecular weight excluding hydrogens is 330 g/mol. The number of carbonyl (C=O) groups is 2. The van der Waals surface area contributed by atoms with Gasteiger partial charge in [-0.25, -0.2) is 9.59 Å². The van der Waals surface area contributed by atoms with Gasteiger partial charge in [0.05, 0.1) is 0 Å². The summed E-state index contributed by atoms with van der Waals surface area (Å²) in [6.07, 6.45) is 4.10. The summed E-state index contributed by atoms with van der Waals surface area (Å²) in [5.41, 5.74) is 0.977. The van der Waals surface area contributed by atoms with Crippen LogP contribution in [-0.4, -0.2) is 65.6 Å². The molecule has 1 aromatic rings. The van der Waals surface area contributed by atoms with Gasteiger partial charge < -0.3 is 19.4 Å². The molecular formula is C20H29N3O3. The second kappa shape index (κ2) is 8.92. The van der Waals surface area contributed by atoms with Crippen LogP contribution in [0.25, 0.3) is 0 Å². The molecule has 0 atom stereocenters. The van der Waals surface area contributed by atoms with Crippen molar-refractivity contribution >= 4 is 12.1 Å². The first-order chi connectivity index (χ1) is 12.7. The quantitative estimate of drug-likeness (QED) is 0.783. The van der Waals surface area contributed by atoms with Gasteiger partial charge in [-0.1, -0.05) is 43.7 Å². The van der Waals surface area contributed by atoms with Crippen LogP contribution in [0.1, 0.15) is 38.2 Å². The number of benzene rings is 1. The third-order valence-electron chi connectivity index (χ3n) is 5.00. The minimum Gasteiger partial charge on any atom is -0.445 e. The van der Waals surface area contributed by atoms with Gasteiger partial charge in [0.25, 0.3) is 0 Å². The molecule has 1 aromatic carbocycles. The van der Waals surface area contributed by atoms with Crippen molar-refractivity contribution in [2.45, 2.75) is 45.3 Å². The second-order valence-electron chi connectivity index (χ2n) is 7.07. The van der Waals surface area contributed by atoms with Crippen molar-refractivity contribution in [1.82, 2.24) is 14.7 Å². The highest BCUT2D eigenvalue weighted by Gasteiger charge is 2.35. The van der Waals surface area contributed by atoms with Crippen LogP contribution in [0.15, 0.2) is 30.3 Å². The molecule has 1 aliphatic carbocycles. The number of urea groups is 1. The molecule has 6 nitrogen and oxygen atoms in total. The van der Waals surface area contributed by atoms with Crippen molar-refractivity contribution in [2.75, 3.05) is 32.7 Å². The van der Waals surface area contributed by atoms with Crippen LogP contribution in [0.4, 0.5) is 9.59 Å². The standard InChI is InChI=1S/C20H29N3O3/c1-2-3-11-23(18-9-10-18)19(24)21-12-14-22(15-13-21)20(25)26-16-17-7-5-4-6-8-17/h4-8,18H,2-3,9-16H2,1H3. The van der Waals surface area contributed by atoms with Crippen molar-refractivity contribution in [3.05, 3.63) is 35.9 Å². The molecule has 2 fully saturated rings. The zero-order chi connectivity index (χ0) is 18.4. The van der Waals surface area contributed by atoms with E-state index in [9.17, 15) is 9.59 Å². The Bertz CT molecular complexity index is 596. The molecule has 3 amide bonds. The van der Waals surface area contributed by atoms with Gasteiger partial charge in [-0.2, -0.15) is 0 Å². The molecule has 2 aliphatic rings. The average molecular weight is 359 g/mol. The third kappa shape index (κ3) is 4.90. The summed E-state index contributed by atoms with van der Waals surface area (Å²) in [6, 6.07) is 10.2. The molecule has 1 aliphatic heterocycles. The van der Waals surface area contributed by atoms with Gasteiger partial charge in [-0.15, -0.1) is 0 Å². The van der Waals surface area contributed by atoms with E-state index in [0.29, 0.717) is 32.2 Å². The summed E-state index contributed by atoms with van der Waals surface area (Å²) >= 11 is 0. The fraction of sp³-hybridized carbons (Fsp3) is 0.600. The van der Waals surface area contributed by atoms with Crippen LogP contribution in [0.3, 0.4) is 0 Å². The maximum Gasteiger partial charge on any atom is 0.410 e. The van der Waals surface area contributed by atoms with E-state index in [-0.39, 0.29) is 18.7 Å². The van der Waals surface area contributed by atoms with Gasteiger partial charge >= 0.3 is 12.1 Å². The highest BCUT2D eigenvalue weighted by Crippen LogP contribution is 2.28. The van der Waals surface area contributed by atoms with E-state index in [0.717, 1.165) is 37.8 Å². The number of ether oxygens (including phenoxy) is 1. The Labute approximate surface area is 155 Å². The highest BCUT2D eigenvalue weighted by molar-refractivity contribution is 5.76. The van der Waals surface area contributed by atoms with Crippen molar-refractivity contribution in [2.24, 2.45) is 0 Å². The molecule has 142 valence electrons. The predicted molar refractivity (Wildman–Crippen MR) is 99.8 cm³/mol. The lowest BCUT2D eigenvalue weighted by Crippen LogP contribution is -2.54. The summed E-state index contributed by atoms with van der Waals surface area (Å²) in [5.74, 6) is 0. The Morgan fingerprint density at radius 1 is 1.08 bits per heavy atom. The van der Waals surface area contributed by atoms with Crippen LogP contribution in [0.5, 0.6) is 0 Å². The molecule has 0 bridgehead atoms. The Balaban J connectivity index is 1.44. The fourth-order valence-electron chi connectivity index (χ4n) is 3.22. The van der Waals surface area contributed by atoms with Crippen LogP contribution in [0, 0.1) is 0 Å². The van der Waals surface area contributed by atoms with Gasteiger partial charge in [0.1, 0.15) is 6.61 Å². The molecule has 0 unspecified atom stereocenters. The second-order valence-corrected chi connectivity index (χ2v) is 7.07. The van der Waals surface area contributed by atoms with Gasteiger partial charge in [0, 0.05) is 38.8 Å². The lowest BCUT2D eigenvalue weighted by molar-refractivity contribution is 0.0709. The summed E-state index contributed by atoms with van der Waals surface area (Å²) in [5, 5.41) is 0.